The van der Waals surface area contributed by atoms with Crippen LogP contribution in [0.2, 0.25) is 0 Å². The van der Waals surface area contributed by atoms with E-state index in [0.717, 1.165) is 11.3 Å². The topological polar surface area (TPSA) is 54.5 Å². The number of aryl methyl sites for hydroxylation is 2. The standard InChI is InChI=1S/C11H10N4/c1-8-3-4-11(10(5-8)6-12)15-7-13-9(2)14-15/h3-5,7H,1-2H3. The average Bonchev–Trinajstić information content (AvgIpc) is 2.64. The van der Waals surface area contributed by atoms with E-state index in [9.17, 15) is 0 Å². The fourth-order valence-corrected chi connectivity index (χ4v) is 1.40. The molecule has 0 spiro atoms. The van der Waals surface area contributed by atoms with E-state index >= 15 is 0 Å². The first-order chi connectivity index (χ1) is 7.20. The summed E-state index contributed by atoms with van der Waals surface area (Å²) in [6, 6.07) is 7.82. The predicted octanol–water partition coefficient (Wildman–Crippen LogP) is 1.76. The highest BCUT2D eigenvalue weighted by atomic mass is 15.3. The van der Waals surface area contributed by atoms with Crippen molar-refractivity contribution in [2.24, 2.45) is 0 Å². The van der Waals surface area contributed by atoms with E-state index in [2.05, 4.69) is 16.2 Å². The van der Waals surface area contributed by atoms with Gasteiger partial charge in [0.15, 0.2) is 0 Å². The zero-order chi connectivity index (χ0) is 10.8. The van der Waals surface area contributed by atoms with Crippen LogP contribution in [0.4, 0.5) is 0 Å². The zero-order valence-corrected chi connectivity index (χ0v) is 8.60. The van der Waals surface area contributed by atoms with Crippen LogP contribution in [0.3, 0.4) is 0 Å². The van der Waals surface area contributed by atoms with Gasteiger partial charge < -0.3 is 0 Å². The van der Waals surface area contributed by atoms with Crippen LogP contribution >= 0.6 is 0 Å². The SMILES string of the molecule is Cc1ccc(-n2cnc(C)n2)c(C#N)c1. The summed E-state index contributed by atoms with van der Waals surface area (Å²) in [5.74, 6) is 0.694. The number of hydrogen-bond acceptors (Lipinski definition) is 3. The average molecular weight is 198 g/mol. The first kappa shape index (κ1) is 9.41. The van der Waals surface area contributed by atoms with E-state index in [4.69, 9.17) is 5.26 Å². The van der Waals surface area contributed by atoms with Crippen molar-refractivity contribution in [1.29, 1.82) is 5.26 Å². The Hall–Kier alpha value is -2.15. The first-order valence-electron chi connectivity index (χ1n) is 4.60. The summed E-state index contributed by atoms with van der Waals surface area (Å²) in [5.41, 5.74) is 2.44. The minimum Gasteiger partial charge on any atom is -0.220 e. The molecule has 0 aliphatic rings. The largest absolute Gasteiger partial charge is 0.220 e. The van der Waals surface area contributed by atoms with Crippen LogP contribution in [0.25, 0.3) is 5.69 Å². The highest BCUT2D eigenvalue weighted by molar-refractivity contribution is 5.49. The molecular formula is C11H10N4. The number of benzene rings is 1. The molecule has 1 heterocycles. The maximum Gasteiger partial charge on any atom is 0.147 e. The number of rotatable bonds is 1. The summed E-state index contributed by atoms with van der Waals surface area (Å²) in [6.07, 6.45) is 1.61. The van der Waals surface area contributed by atoms with Crippen molar-refractivity contribution in [1.82, 2.24) is 14.8 Å². The molecule has 0 saturated carbocycles. The van der Waals surface area contributed by atoms with Gasteiger partial charge in [0.1, 0.15) is 18.2 Å². The molecule has 0 radical (unpaired) electrons. The van der Waals surface area contributed by atoms with Gasteiger partial charge in [-0.1, -0.05) is 6.07 Å². The summed E-state index contributed by atoms with van der Waals surface area (Å²) in [7, 11) is 0. The lowest BCUT2D eigenvalue weighted by molar-refractivity contribution is 0.859. The lowest BCUT2D eigenvalue weighted by Crippen LogP contribution is -1.98. The monoisotopic (exact) mass is 198 g/mol. The van der Waals surface area contributed by atoms with Gasteiger partial charge >= 0.3 is 0 Å². The normalized spacial score (nSPS) is 9.93. The molecule has 0 atom stereocenters. The number of nitrogens with zero attached hydrogens (tertiary/aromatic N) is 4. The molecule has 1 aromatic carbocycles. The van der Waals surface area contributed by atoms with Gasteiger partial charge in [0, 0.05) is 0 Å². The minimum atomic E-state index is 0.611. The minimum absolute atomic E-state index is 0.611. The Kier molecular flexibility index (Phi) is 2.22. The Morgan fingerprint density at radius 3 is 2.73 bits per heavy atom. The maximum atomic E-state index is 9.00. The van der Waals surface area contributed by atoms with Gasteiger partial charge in [-0.3, -0.25) is 0 Å². The number of hydrogen-bond donors (Lipinski definition) is 0. The van der Waals surface area contributed by atoms with Crippen molar-refractivity contribution < 1.29 is 0 Å². The number of nitriles is 1. The van der Waals surface area contributed by atoms with Crippen LogP contribution in [0, 0.1) is 25.2 Å². The van der Waals surface area contributed by atoms with Gasteiger partial charge in [0.2, 0.25) is 0 Å². The van der Waals surface area contributed by atoms with E-state index in [0.29, 0.717) is 11.4 Å². The molecule has 0 saturated heterocycles. The Bertz CT molecular complexity index is 534. The van der Waals surface area contributed by atoms with E-state index in [1.54, 1.807) is 11.0 Å². The van der Waals surface area contributed by atoms with Gasteiger partial charge in [0.05, 0.1) is 11.3 Å². The fraction of sp³-hybridized carbons (Fsp3) is 0.182. The molecule has 4 heteroatoms. The molecule has 0 bridgehead atoms. The second kappa shape index (κ2) is 3.54. The lowest BCUT2D eigenvalue weighted by atomic mass is 10.1. The molecule has 0 fully saturated rings. The van der Waals surface area contributed by atoms with Crippen molar-refractivity contribution in [3.63, 3.8) is 0 Å². The highest BCUT2D eigenvalue weighted by Crippen LogP contribution is 2.14. The summed E-state index contributed by atoms with van der Waals surface area (Å²) < 4.78 is 1.62. The smallest absolute Gasteiger partial charge is 0.147 e. The second-order valence-electron chi connectivity index (χ2n) is 3.37. The fourth-order valence-electron chi connectivity index (χ4n) is 1.40. The Labute approximate surface area is 87.8 Å². The van der Waals surface area contributed by atoms with Crippen molar-refractivity contribution in [3.8, 4) is 11.8 Å². The van der Waals surface area contributed by atoms with Gasteiger partial charge in [0.25, 0.3) is 0 Å². The number of aromatic nitrogens is 3. The third-order valence-corrected chi connectivity index (χ3v) is 2.13. The molecule has 15 heavy (non-hydrogen) atoms. The van der Waals surface area contributed by atoms with E-state index in [1.807, 2.05) is 32.0 Å². The van der Waals surface area contributed by atoms with Crippen LogP contribution in [0.5, 0.6) is 0 Å². The van der Waals surface area contributed by atoms with Crippen molar-refractivity contribution in [2.45, 2.75) is 13.8 Å². The molecular weight excluding hydrogens is 188 g/mol. The molecule has 0 aliphatic carbocycles. The molecule has 74 valence electrons. The summed E-state index contributed by atoms with van der Waals surface area (Å²) >= 11 is 0. The van der Waals surface area contributed by atoms with Crippen LogP contribution in [-0.2, 0) is 0 Å². The Morgan fingerprint density at radius 2 is 2.13 bits per heavy atom. The lowest BCUT2D eigenvalue weighted by Gasteiger charge is -2.03. The van der Waals surface area contributed by atoms with Crippen LogP contribution in [0.1, 0.15) is 17.0 Å². The molecule has 1 aromatic heterocycles. The predicted molar refractivity (Wildman–Crippen MR) is 55.5 cm³/mol. The molecule has 2 rings (SSSR count). The van der Waals surface area contributed by atoms with Crippen molar-refractivity contribution in [2.75, 3.05) is 0 Å². The maximum absolute atomic E-state index is 9.00. The molecule has 0 amide bonds. The van der Waals surface area contributed by atoms with Gasteiger partial charge in [-0.05, 0) is 31.5 Å². The first-order valence-corrected chi connectivity index (χ1v) is 4.60. The van der Waals surface area contributed by atoms with Gasteiger partial charge in [-0.2, -0.15) is 10.4 Å². The molecule has 0 unspecified atom stereocenters. The van der Waals surface area contributed by atoms with E-state index in [-0.39, 0.29) is 0 Å². The van der Waals surface area contributed by atoms with Crippen molar-refractivity contribution in [3.05, 3.63) is 41.5 Å². The summed E-state index contributed by atoms with van der Waals surface area (Å²) in [4.78, 5) is 4.03. The molecule has 0 aliphatic heterocycles. The third kappa shape index (κ3) is 1.72. The van der Waals surface area contributed by atoms with Crippen molar-refractivity contribution >= 4 is 0 Å². The quantitative estimate of drug-likeness (QED) is 0.701. The molecule has 0 N–H and O–H groups in total. The second-order valence-corrected chi connectivity index (χ2v) is 3.37. The van der Waals surface area contributed by atoms with Crippen LogP contribution in [-0.4, -0.2) is 14.8 Å². The highest BCUT2D eigenvalue weighted by Gasteiger charge is 2.05. The van der Waals surface area contributed by atoms with E-state index < -0.39 is 0 Å². The summed E-state index contributed by atoms with van der Waals surface area (Å²) in [6.45, 7) is 3.77. The molecule has 2 aromatic rings. The summed E-state index contributed by atoms with van der Waals surface area (Å²) in [5, 5.41) is 13.2. The Morgan fingerprint density at radius 1 is 1.33 bits per heavy atom. The molecule has 4 nitrogen and oxygen atoms in total. The Balaban J connectivity index is 2.58. The van der Waals surface area contributed by atoms with Gasteiger partial charge in [-0.25, -0.2) is 9.67 Å². The van der Waals surface area contributed by atoms with Gasteiger partial charge in [-0.15, -0.1) is 0 Å². The third-order valence-electron chi connectivity index (χ3n) is 2.13. The van der Waals surface area contributed by atoms with E-state index in [1.165, 1.54) is 0 Å². The zero-order valence-electron chi connectivity index (χ0n) is 8.60. The van der Waals surface area contributed by atoms with Crippen LogP contribution < -0.4 is 0 Å². The van der Waals surface area contributed by atoms with Crippen LogP contribution in [0.15, 0.2) is 24.5 Å².